The Morgan fingerprint density at radius 1 is 1.22 bits per heavy atom. The Labute approximate surface area is 164 Å². The van der Waals surface area contributed by atoms with Crippen molar-refractivity contribution in [2.24, 2.45) is 11.7 Å². The second-order valence-electron chi connectivity index (χ2n) is 7.13. The highest BCUT2D eigenvalue weighted by molar-refractivity contribution is 5.79. The first kappa shape index (κ1) is 25.1. The number of allylic oxidation sites excluding steroid dienone is 4. The lowest BCUT2D eigenvalue weighted by molar-refractivity contribution is 0.115. The molecule has 0 spiro atoms. The highest BCUT2D eigenvalue weighted by atomic mass is 16.5. The van der Waals surface area contributed by atoms with Gasteiger partial charge in [-0.1, -0.05) is 61.7 Å². The van der Waals surface area contributed by atoms with Crippen molar-refractivity contribution in [3.63, 3.8) is 0 Å². The minimum atomic E-state index is -0.923. The summed E-state index contributed by atoms with van der Waals surface area (Å²) in [4.78, 5) is 0. The van der Waals surface area contributed by atoms with Crippen LogP contribution in [0.1, 0.15) is 39.2 Å². The molecule has 1 rings (SSSR count). The standard InChI is InChI=1S/C18H23NO2.C5H12O/c1-3-16(17-7-5-4-6-8-17)10-9-15(2)11-12-18(19,13-20)14-21;1-5(2)4-6-3/h1,4-10,20-21H,11-14,19H2,2H3;5H,4H2,1-3H3/b15-9+,16-10+;. The molecule has 0 aliphatic rings. The number of rotatable bonds is 9. The summed E-state index contributed by atoms with van der Waals surface area (Å²) < 4.78 is 4.80. The van der Waals surface area contributed by atoms with Gasteiger partial charge in [0.25, 0.3) is 0 Å². The summed E-state index contributed by atoms with van der Waals surface area (Å²) in [6.45, 7) is 6.65. The van der Waals surface area contributed by atoms with Gasteiger partial charge in [-0.05, 0) is 37.3 Å². The van der Waals surface area contributed by atoms with Gasteiger partial charge in [-0.25, -0.2) is 0 Å². The quantitative estimate of drug-likeness (QED) is 0.458. The zero-order valence-electron chi connectivity index (χ0n) is 17.1. The van der Waals surface area contributed by atoms with Crippen LogP contribution in [-0.4, -0.2) is 42.7 Å². The number of terminal acetylenes is 1. The first-order valence-corrected chi connectivity index (χ1v) is 9.21. The monoisotopic (exact) mass is 373 g/mol. The third-order valence-corrected chi connectivity index (χ3v) is 3.92. The molecule has 27 heavy (non-hydrogen) atoms. The van der Waals surface area contributed by atoms with Crippen LogP contribution in [0.15, 0.2) is 48.1 Å². The van der Waals surface area contributed by atoms with Crippen LogP contribution in [0.3, 0.4) is 0 Å². The van der Waals surface area contributed by atoms with Gasteiger partial charge in [0.15, 0.2) is 0 Å². The van der Waals surface area contributed by atoms with E-state index in [1.165, 1.54) is 0 Å². The van der Waals surface area contributed by atoms with Gasteiger partial charge in [0.1, 0.15) is 0 Å². The van der Waals surface area contributed by atoms with E-state index < -0.39 is 5.54 Å². The summed E-state index contributed by atoms with van der Waals surface area (Å²) in [5.41, 5.74) is 7.83. The van der Waals surface area contributed by atoms with E-state index in [1.54, 1.807) is 7.11 Å². The van der Waals surface area contributed by atoms with Gasteiger partial charge in [-0.3, -0.25) is 0 Å². The zero-order valence-corrected chi connectivity index (χ0v) is 17.1. The third kappa shape index (κ3) is 11.4. The zero-order chi connectivity index (χ0) is 20.7. The predicted octanol–water partition coefficient (Wildman–Crippen LogP) is 3.40. The van der Waals surface area contributed by atoms with Crippen molar-refractivity contribution >= 4 is 5.57 Å². The molecule has 0 fully saturated rings. The number of aliphatic hydroxyl groups is 2. The first-order valence-electron chi connectivity index (χ1n) is 9.21. The largest absolute Gasteiger partial charge is 0.394 e. The SMILES string of the molecule is C#C/C(=C\C=C(/C)CCC(N)(CO)CO)c1ccccc1.COCC(C)C. The van der Waals surface area contributed by atoms with Crippen molar-refractivity contribution in [1.82, 2.24) is 0 Å². The molecule has 1 aromatic rings. The van der Waals surface area contributed by atoms with Crippen molar-refractivity contribution in [2.45, 2.75) is 39.2 Å². The van der Waals surface area contributed by atoms with E-state index >= 15 is 0 Å². The summed E-state index contributed by atoms with van der Waals surface area (Å²) in [5.74, 6) is 3.36. The van der Waals surface area contributed by atoms with Crippen LogP contribution in [0.5, 0.6) is 0 Å². The van der Waals surface area contributed by atoms with Crippen molar-refractivity contribution in [1.29, 1.82) is 0 Å². The second kappa shape index (κ2) is 14.2. The Morgan fingerprint density at radius 3 is 2.22 bits per heavy atom. The maximum Gasteiger partial charge on any atom is 0.0633 e. The number of hydrogen-bond donors (Lipinski definition) is 3. The highest BCUT2D eigenvalue weighted by Crippen LogP contribution is 2.16. The van der Waals surface area contributed by atoms with Crippen LogP contribution in [0.2, 0.25) is 0 Å². The van der Waals surface area contributed by atoms with Crippen LogP contribution in [-0.2, 0) is 4.74 Å². The molecule has 0 aliphatic carbocycles. The van der Waals surface area contributed by atoms with E-state index in [9.17, 15) is 0 Å². The molecule has 0 radical (unpaired) electrons. The van der Waals surface area contributed by atoms with Crippen molar-refractivity contribution in [3.8, 4) is 12.3 Å². The molecule has 0 saturated heterocycles. The van der Waals surface area contributed by atoms with Gasteiger partial charge in [-0.15, -0.1) is 6.42 Å². The Morgan fingerprint density at radius 2 is 1.81 bits per heavy atom. The van der Waals surface area contributed by atoms with Crippen LogP contribution in [0.4, 0.5) is 0 Å². The lowest BCUT2D eigenvalue weighted by Gasteiger charge is -2.24. The van der Waals surface area contributed by atoms with E-state index in [0.717, 1.165) is 23.3 Å². The summed E-state index contributed by atoms with van der Waals surface area (Å²) in [7, 11) is 1.72. The summed E-state index contributed by atoms with van der Waals surface area (Å²) >= 11 is 0. The van der Waals surface area contributed by atoms with E-state index in [4.69, 9.17) is 27.1 Å². The van der Waals surface area contributed by atoms with Gasteiger partial charge in [-0.2, -0.15) is 0 Å². The van der Waals surface area contributed by atoms with Gasteiger partial charge in [0, 0.05) is 19.3 Å². The lowest BCUT2D eigenvalue weighted by atomic mass is 9.94. The average Bonchev–Trinajstić information content (AvgIpc) is 2.68. The molecule has 0 atom stereocenters. The van der Waals surface area contributed by atoms with Gasteiger partial charge >= 0.3 is 0 Å². The van der Waals surface area contributed by atoms with Crippen LogP contribution >= 0.6 is 0 Å². The molecular weight excluding hydrogens is 338 g/mol. The molecule has 1 aromatic carbocycles. The summed E-state index contributed by atoms with van der Waals surface area (Å²) in [6, 6.07) is 9.78. The molecule has 0 aliphatic heterocycles. The molecule has 0 unspecified atom stereocenters. The van der Waals surface area contributed by atoms with Gasteiger partial charge in [0.05, 0.1) is 18.8 Å². The van der Waals surface area contributed by atoms with E-state index in [2.05, 4.69) is 19.8 Å². The molecule has 0 amide bonds. The topological polar surface area (TPSA) is 75.7 Å². The molecule has 4 nitrogen and oxygen atoms in total. The fourth-order valence-corrected chi connectivity index (χ4v) is 2.14. The molecule has 0 heterocycles. The Balaban J connectivity index is 0.000000972. The van der Waals surface area contributed by atoms with Crippen molar-refractivity contribution in [3.05, 3.63) is 53.6 Å². The molecule has 0 saturated carbocycles. The molecule has 4 N–H and O–H groups in total. The maximum atomic E-state index is 9.16. The molecular formula is C23H35NO3. The summed E-state index contributed by atoms with van der Waals surface area (Å²) in [6.07, 6.45) is 10.6. The van der Waals surface area contributed by atoms with Crippen molar-refractivity contribution < 1.29 is 14.9 Å². The minimum absolute atomic E-state index is 0.230. The number of methoxy groups -OCH3 is 1. The van der Waals surface area contributed by atoms with Gasteiger partial charge in [0.2, 0.25) is 0 Å². The normalized spacial score (nSPS) is 12.4. The fraction of sp³-hybridized carbons (Fsp3) is 0.478. The summed E-state index contributed by atoms with van der Waals surface area (Å²) in [5, 5.41) is 18.3. The fourth-order valence-electron chi connectivity index (χ4n) is 2.14. The Hall–Kier alpha value is -1.90. The number of benzene rings is 1. The van der Waals surface area contributed by atoms with Crippen LogP contribution in [0, 0.1) is 18.3 Å². The number of ether oxygens (including phenoxy) is 1. The van der Waals surface area contributed by atoms with Crippen molar-refractivity contribution in [2.75, 3.05) is 26.9 Å². The van der Waals surface area contributed by atoms with E-state index in [0.29, 0.717) is 18.8 Å². The molecule has 0 aromatic heterocycles. The number of aliphatic hydroxyl groups excluding tert-OH is 2. The first-order chi connectivity index (χ1) is 12.8. The Kier molecular flexibility index (Phi) is 13.2. The third-order valence-electron chi connectivity index (χ3n) is 3.92. The van der Waals surface area contributed by atoms with E-state index in [-0.39, 0.29) is 13.2 Å². The van der Waals surface area contributed by atoms with Gasteiger partial charge < -0.3 is 20.7 Å². The molecule has 4 heteroatoms. The second-order valence-corrected chi connectivity index (χ2v) is 7.13. The smallest absolute Gasteiger partial charge is 0.0633 e. The van der Waals surface area contributed by atoms with Crippen LogP contribution in [0.25, 0.3) is 5.57 Å². The minimum Gasteiger partial charge on any atom is -0.394 e. The molecule has 0 bridgehead atoms. The number of nitrogens with two attached hydrogens (primary N) is 1. The lowest BCUT2D eigenvalue weighted by Crippen LogP contribution is -2.47. The number of hydrogen-bond acceptors (Lipinski definition) is 4. The highest BCUT2D eigenvalue weighted by Gasteiger charge is 2.22. The average molecular weight is 374 g/mol. The maximum absolute atomic E-state index is 9.16. The predicted molar refractivity (Wildman–Crippen MR) is 114 cm³/mol. The Bertz CT molecular complexity index is 608. The van der Waals surface area contributed by atoms with Crippen LogP contribution < -0.4 is 5.73 Å². The molecule has 150 valence electrons. The van der Waals surface area contributed by atoms with E-state index in [1.807, 2.05) is 49.4 Å².